The van der Waals surface area contributed by atoms with Crippen LogP contribution in [0.5, 0.6) is 0 Å². The number of nitrogens with zero attached hydrogens (tertiary/aromatic N) is 3. The minimum absolute atomic E-state index is 0.000991. The van der Waals surface area contributed by atoms with Gasteiger partial charge in [-0.3, -0.25) is 4.79 Å². The van der Waals surface area contributed by atoms with Gasteiger partial charge in [-0.25, -0.2) is 4.98 Å². The molecule has 3 aromatic rings. The quantitative estimate of drug-likeness (QED) is 0.478. The number of fused-ring (bicyclic) bond motifs is 3. The van der Waals surface area contributed by atoms with Crippen LogP contribution < -0.4 is 4.90 Å². The van der Waals surface area contributed by atoms with Crippen LogP contribution in [0.25, 0.3) is 11.0 Å². The Hall–Kier alpha value is -2.58. The number of carbonyl (C=O) groups is 1. The Bertz CT molecular complexity index is 1200. The monoisotopic (exact) mass is 477 g/mol. The van der Waals surface area contributed by atoms with Crippen molar-refractivity contribution in [3.8, 4) is 0 Å². The summed E-state index contributed by atoms with van der Waals surface area (Å²) in [6.07, 6.45) is -3.96. The lowest BCUT2D eigenvalue weighted by Crippen LogP contribution is -2.44. The van der Waals surface area contributed by atoms with Crippen LogP contribution >= 0.6 is 11.6 Å². The zero-order valence-corrected chi connectivity index (χ0v) is 18.6. The third-order valence-corrected chi connectivity index (χ3v) is 6.88. The van der Waals surface area contributed by atoms with Gasteiger partial charge in [-0.05, 0) is 49.1 Å². The van der Waals surface area contributed by atoms with Crippen LogP contribution in [0.3, 0.4) is 0 Å². The average Bonchev–Trinajstić information content (AvgIpc) is 3.22. The van der Waals surface area contributed by atoms with E-state index in [2.05, 4.69) is 4.98 Å². The highest BCUT2D eigenvalue weighted by atomic mass is 35.5. The molecule has 5 nitrogen and oxygen atoms in total. The molecule has 1 aromatic heterocycles. The molecule has 0 aliphatic carbocycles. The molecule has 2 aliphatic heterocycles. The van der Waals surface area contributed by atoms with Gasteiger partial charge in [-0.2, -0.15) is 13.2 Å². The molecular formula is C24H23ClF3N3O2. The van der Waals surface area contributed by atoms with Crippen molar-refractivity contribution >= 4 is 34.2 Å². The molecule has 0 unspecified atom stereocenters. The number of rotatable bonds is 5. The summed E-state index contributed by atoms with van der Waals surface area (Å²) in [6.45, 7) is 1.36. The first-order valence-corrected chi connectivity index (χ1v) is 11.4. The second kappa shape index (κ2) is 8.33. The second-order valence-electron chi connectivity index (χ2n) is 8.63. The molecule has 9 heteroatoms. The summed E-state index contributed by atoms with van der Waals surface area (Å²) in [5, 5.41) is 0.498. The largest absolute Gasteiger partial charge is 0.389 e. The summed E-state index contributed by atoms with van der Waals surface area (Å²) in [5.41, 5.74) is 2.51. The first kappa shape index (κ1) is 22.2. The van der Waals surface area contributed by atoms with Crippen molar-refractivity contribution < 1.29 is 22.7 Å². The Morgan fingerprint density at radius 1 is 1.12 bits per heavy atom. The molecule has 0 radical (unpaired) electrons. The van der Waals surface area contributed by atoms with E-state index in [1.54, 1.807) is 27.7 Å². The number of para-hydroxylation sites is 1. The summed E-state index contributed by atoms with van der Waals surface area (Å²) >= 11 is 6.13. The van der Waals surface area contributed by atoms with Gasteiger partial charge in [0.1, 0.15) is 5.82 Å². The van der Waals surface area contributed by atoms with E-state index in [0.29, 0.717) is 47.9 Å². The lowest BCUT2D eigenvalue weighted by Gasteiger charge is -2.32. The van der Waals surface area contributed by atoms with Gasteiger partial charge in [0.15, 0.2) is 0 Å². The van der Waals surface area contributed by atoms with E-state index in [1.807, 2.05) is 24.3 Å². The SMILES string of the molecule is O=C1N(Cc2nc3cc(Cl)ccc3n2CCCC(F)(F)F)c2ccccc2C12CCOCC2. The van der Waals surface area contributed by atoms with Crippen LogP contribution in [-0.4, -0.2) is 34.8 Å². The Labute approximate surface area is 194 Å². The van der Waals surface area contributed by atoms with E-state index in [9.17, 15) is 18.0 Å². The average molecular weight is 478 g/mol. The number of benzene rings is 2. The van der Waals surface area contributed by atoms with Crippen molar-refractivity contribution in [1.29, 1.82) is 0 Å². The van der Waals surface area contributed by atoms with E-state index in [0.717, 1.165) is 11.3 Å². The first-order valence-electron chi connectivity index (χ1n) is 11.0. The predicted octanol–water partition coefficient (Wildman–Crippen LogP) is 5.63. The highest BCUT2D eigenvalue weighted by molar-refractivity contribution is 6.31. The van der Waals surface area contributed by atoms with E-state index in [1.165, 1.54) is 0 Å². The standard InChI is InChI=1S/C24H23ClF3N3O2/c25-16-6-7-20-18(14-16)29-21(30(20)11-3-8-24(26,27)28)15-31-19-5-2-1-4-17(19)23(22(31)32)9-12-33-13-10-23/h1-2,4-7,14H,3,8-13,15H2. The van der Waals surface area contributed by atoms with Gasteiger partial charge in [-0.1, -0.05) is 29.8 Å². The summed E-state index contributed by atoms with van der Waals surface area (Å²) < 4.78 is 45.7. The van der Waals surface area contributed by atoms with Gasteiger partial charge < -0.3 is 14.2 Å². The van der Waals surface area contributed by atoms with Crippen molar-refractivity contribution in [1.82, 2.24) is 9.55 Å². The van der Waals surface area contributed by atoms with Crippen LogP contribution in [0.4, 0.5) is 18.9 Å². The lowest BCUT2D eigenvalue weighted by atomic mass is 9.75. The smallest absolute Gasteiger partial charge is 0.381 e. The first-order chi connectivity index (χ1) is 15.8. The molecule has 1 fully saturated rings. The molecule has 0 atom stereocenters. The van der Waals surface area contributed by atoms with Gasteiger partial charge in [0.05, 0.1) is 23.0 Å². The minimum Gasteiger partial charge on any atom is -0.381 e. The van der Waals surface area contributed by atoms with Gasteiger partial charge in [0.25, 0.3) is 0 Å². The van der Waals surface area contributed by atoms with Crippen molar-refractivity contribution in [3.63, 3.8) is 0 Å². The van der Waals surface area contributed by atoms with Crippen molar-refractivity contribution in [2.45, 2.75) is 50.4 Å². The maximum atomic E-state index is 13.7. The summed E-state index contributed by atoms with van der Waals surface area (Å²) in [5.74, 6) is 0.542. The third kappa shape index (κ3) is 3.99. The van der Waals surface area contributed by atoms with Gasteiger partial charge >= 0.3 is 6.18 Å². The molecule has 174 valence electrons. The van der Waals surface area contributed by atoms with Crippen LogP contribution in [0, 0.1) is 0 Å². The number of halogens is 4. The van der Waals surface area contributed by atoms with Gasteiger partial charge in [0.2, 0.25) is 5.91 Å². The normalized spacial score (nSPS) is 17.8. The molecular weight excluding hydrogens is 455 g/mol. The predicted molar refractivity (Wildman–Crippen MR) is 119 cm³/mol. The number of aryl methyl sites for hydroxylation is 1. The van der Waals surface area contributed by atoms with Crippen molar-refractivity contribution in [3.05, 3.63) is 58.9 Å². The van der Waals surface area contributed by atoms with E-state index >= 15 is 0 Å². The van der Waals surface area contributed by atoms with E-state index < -0.39 is 18.0 Å². The minimum atomic E-state index is -4.22. The Kier molecular flexibility index (Phi) is 5.61. The number of anilines is 1. The second-order valence-corrected chi connectivity index (χ2v) is 9.07. The number of aromatic nitrogens is 2. The number of hydrogen-bond donors (Lipinski definition) is 0. The van der Waals surface area contributed by atoms with Crippen LogP contribution in [-0.2, 0) is 28.0 Å². The highest BCUT2D eigenvalue weighted by Gasteiger charge is 2.51. The maximum absolute atomic E-state index is 13.7. The topological polar surface area (TPSA) is 47.4 Å². The lowest BCUT2D eigenvalue weighted by molar-refractivity contribution is -0.135. The molecule has 0 saturated carbocycles. The fourth-order valence-electron chi connectivity index (χ4n) is 5.06. The number of imidazole rings is 1. The molecule has 2 aromatic carbocycles. The molecule has 3 heterocycles. The number of hydrogen-bond acceptors (Lipinski definition) is 3. The summed E-state index contributed by atoms with van der Waals surface area (Å²) in [7, 11) is 0. The van der Waals surface area contributed by atoms with Crippen LogP contribution in [0.1, 0.15) is 37.1 Å². The fraction of sp³-hybridized carbons (Fsp3) is 0.417. The van der Waals surface area contributed by atoms with E-state index in [4.69, 9.17) is 16.3 Å². The number of carbonyl (C=O) groups excluding carboxylic acids is 1. The zero-order valence-electron chi connectivity index (χ0n) is 17.9. The van der Waals surface area contributed by atoms with Crippen LogP contribution in [0.2, 0.25) is 5.02 Å². The Morgan fingerprint density at radius 3 is 2.64 bits per heavy atom. The number of amides is 1. The number of ether oxygens (including phenoxy) is 1. The molecule has 2 aliphatic rings. The molecule has 5 rings (SSSR count). The van der Waals surface area contributed by atoms with Gasteiger partial charge in [0, 0.05) is 36.9 Å². The fourth-order valence-corrected chi connectivity index (χ4v) is 5.23. The molecule has 0 N–H and O–H groups in total. The molecule has 1 saturated heterocycles. The van der Waals surface area contributed by atoms with Gasteiger partial charge in [-0.15, -0.1) is 0 Å². The summed E-state index contributed by atoms with van der Waals surface area (Å²) in [6, 6.07) is 12.9. The molecule has 0 bridgehead atoms. The van der Waals surface area contributed by atoms with Crippen LogP contribution in [0.15, 0.2) is 42.5 Å². The van der Waals surface area contributed by atoms with Crippen molar-refractivity contribution in [2.24, 2.45) is 0 Å². The third-order valence-electron chi connectivity index (χ3n) is 6.64. The van der Waals surface area contributed by atoms with E-state index in [-0.39, 0.29) is 25.4 Å². The zero-order chi connectivity index (χ0) is 23.2. The molecule has 1 spiro atoms. The molecule has 33 heavy (non-hydrogen) atoms. The molecule has 1 amide bonds. The maximum Gasteiger partial charge on any atom is 0.389 e. The number of alkyl halides is 3. The summed E-state index contributed by atoms with van der Waals surface area (Å²) in [4.78, 5) is 20.1. The Balaban J connectivity index is 1.52. The highest BCUT2D eigenvalue weighted by Crippen LogP contribution is 2.48. The van der Waals surface area contributed by atoms with Crippen molar-refractivity contribution in [2.75, 3.05) is 18.1 Å². The Morgan fingerprint density at radius 2 is 1.88 bits per heavy atom.